The number of pyridine rings is 1. The van der Waals surface area contributed by atoms with E-state index >= 15 is 0 Å². The van der Waals surface area contributed by atoms with Crippen LogP contribution < -0.4 is 5.32 Å². The molecule has 0 fully saturated rings. The summed E-state index contributed by atoms with van der Waals surface area (Å²) in [6.07, 6.45) is 2.68. The lowest BCUT2D eigenvalue weighted by molar-refractivity contribution is 0.0945. The SMILES string of the molecule is Cc1nccc2c1C(=O)NCC2. The van der Waals surface area contributed by atoms with Crippen LogP contribution in [0.3, 0.4) is 0 Å². The fourth-order valence-electron chi connectivity index (χ4n) is 1.54. The second kappa shape index (κ2) is 2.59. The average Bonchev–Trinajstić information content (AvgIpc) is 2.04. The maximum absolute atomic E-state index is 11.4. The van der Waals surface area contributed by atoms with Gasteiger partial charge in [-0.3, -0.25) is 9.78 Å². The maximum Gasteiger partial charge on any atom is 0.253 e. The molecule has 1 aliphatic rings. The molecule has 0 atom stereocenters. The van der Waals surface area contributed by atoms with E-state index in [2.05, 4.69) is 10.3 Å². The molecule has 3 nitrogen and oxygen atoms in total. The number of hydrogen-bond acceptors (Lipinski definition) is 2. The van der Waals surface area contributed by atoms with Gasteiger partial charge >= 0.3 is 0 Å². The Hall–Kier alpha value is -1.38. The summed E-state index contributed by atoms with van der Waals surface area (Å²) in [6, 6.07) is 1.92. The first-order valence-corrected chi connectivity index (χ1v) is 4.02. The molecule has 0 bridgehead atoms. The van der Waals surface area contributed by atoms with Crippen LogP contribution in [0, 0.1) is 6.92 Å². The third-order valence-electron chi connectivity index (χ3n) is 2.13. The Kier molecular flexibility index (Phi) is 1.57. The summed E-state index contributed by atoms with van der Waals surface area (Å²) in [5.41, 5.74) is 2.71. The van der Waals surface area contributed by atoms with Crippen molar-refractivity contribution in [3.8, 4) is 0 Å². The molecule has 1 aliphatic heterocycles. The van der Waals surface area contributed by atoms with Crippen molar-refractivity contribution in [1.82, 2.24) is 10.3 Å². The number of fused-ring (bicyclic) bond motifs is 1. The van der Waals surface area contributed by atoms with Crippen molar-refractivity contribution in [1.29, 1.82) is 0 Å². The van der Waals surface area contributed by atoms with Crippen molar-refractivity contribution in [2.45, 2.75) is 13.3 Å². The fraction of sp³-hybridized carbons (Fsp3) is 0.333. The van der Waals surface area contributed by atoms with Crippen LogP contribution >= 0.6 is 0 Å². The number of amides is 1. The quantitative estimate of drug-likeness (QED) is 0.609. The molecule has 3 heteroatoms. The minimum absolute atomic E-state index is 0.0156. The van der Waals surface area contributed by atoms with E-state index in [1.54, 1.807) is 6.20 Å². The third-order valence-corrected chi connectivity index (χ3v) is 2.13. The molecule has 0 spiro atoms. The van der Waals surface area contributed by atoms with Gasteiger partial charge in [-0.1, -0.05) is 0 Å². The molecule has 1 N–H and O–H groups in total. The highest BCUT2D eigenvalue weighted by Gasteiger charge is 2.18. The molecule has 0 radical (unpaired) electrons. The monoisotopic (exact) mass is 162 g/mol. The zero-order valence-corrected chi connectivity index (χ0v) is 6.92. The van der Waals surface area contributed by atoms with Crippen LogP contribution in [0.4, 0.5) is 0 Å². The molecule has 0 aromatic carbocycles. The summed E-state index contributed by atoms with van der Waals surface area (Å²) >= 11 is 0. The van der Waals surface area contributed by atoms with Gasteiger partial charge in [-0.15, -0.1) is 0 Å². The molecule has 1 aromatic rings. The van der Waals surface area contributed by atoms with Gasteiger partial charge in [-0.05, 0) is 25.0 Å². The van der Waals surface area contributed by atoms with Crippen LogP contribution in [0.1, 0.15) is 21.6 Å². The molecular weight excluding hydrogens is 152 g/mol. The molecule has 0 saturated carbocycles. The minimum atomic E-state index is 0.0156. The summed E-state index contributed by atoms with van der Waals surface area (Å²) in [4.78, 5) is 15.4. The van der Waals surface area contributed by atoms with Crippen LogP contribution in [0.25, 0.3) is 0 Å². The normalized spacial score (nSPS) is 15.2. The van der Waals surface area contributed by atoms with Crippen LogP contribution in [-0.4, -0.2) is 17.4 Å². The maximum atomic E-state index is 11.4. The lowest BCUT2D eigenvalue weighted by Crippen LogP contribution is -2.32. The first-order valence-electron chi connectivity index (χ1n) is 4.02. The molecule has 62 valence electrons. The van der Waals surface area contributed by atoms with Gasteiger partial charge in [0.25, 0.3) is 5.91 Å². The molecule has 0 aliphatic carbocycles. The standard InChI is InChI=1S/C9H10N2O/c1-6-8-7(2-4-10-6)3-5-11-9(8)12/h2,4H,3,5H2,1H3,(H,11,12). The van der Waals surface area contributed by atoms with Gasteiger partial charge in [0, 0.05) is 12.7 Å². The average molecular weight is 162 g/mol. The lowest BCUT2D eigenvalue weighted by atomic mass is 10.0. The number of nitrogens with zero attached hydrogens (tertiary/aromatic N) is 1. The Balaban J connectivity index is 2.60. The number of rotatable bonds is 0. The van der Waals surface area contributed by atoms with Gasteiger partial charge in [0.05, 0.1) is 11.3 Å². The minimum Gasteiger partial charge on any atom is -0.352 e. The second-order valence-electron chi connectivity index (χ2n) is 2.94. The van der Waals surface area contributed by atoms with Crippen molar-refractivity contribution in [3.63, 3.8) is 0 Å². The number of carbonyl (C=O) groups excluding carboxylic acids is 1. The number of aryl methyl sites for hydroxylation is 1. The van der Waals surface area contributed by atoms with E-state index in [0.717, 1.165) is 29.8 Å². The molecule has 12 heavy (non-hydrogen) atoms. The number of nitrogens with one attached hydrogen (secondary N) is 1. The van der Waals surface area contributed by atoms with Crippen LogP contribution in [0.15, 0.2) is 12.3 Å². The highest BCUT2D eigenvalue weighted by atomic mass is 16.1. The van der Waals surface area contributed by atoms with E-state index in [1.807, 2.05) is 13.0 Å². The van der Waals surface area contributed by atoms with Crippen molar-refractivity contribution in [3.05, 3.63) is 29.1 Å². The van der Waals surface area contributed by atoms with E-state index in [-0.39, 0.29) is 5.91 Å². The Morgan fingerprint density at radius 2 is 2.42 bits per heavy atom. The number of carbonyl (C=O) groups is 1. The molecule has 0 saturated heterocycles. The summed E-state index contributed by atoms with van der Waals surface area (Å²) in [5, 5.41) is 2.80. The molecule has 2 rings (SSSR count). The fourth-order valence-corrected chi connectivity index (χ4v) is 1.54. The predicted octanol–water partition coefficient (Wildman–Crippen LogP) is 0.676. The summed E-state index contributed by atoms with van der Waals surface area (Å²) in [6.45, 7) is 2.61. The van der Waals surface area contributed by atoms with Gasteiger partial charge in [0.1, 0.15) is 0 Å². The summed E-state index contributed by atoms with van der Waals surface area (Å²) < 4.78 is 0. The predicted molar refractivity (Wildman–Crippen MR) is 45.0 cm³/mol. The van der Waals surface area contributed by atoms with Crippen LogP contribution in [-0.2, 0) is 6.42 Å². The Morgan fingerprint density at radius 1 is 1.58 bits per heavy atom. The number of aromatic nitrogens is 1. The van der Waals surface area contributed by atoms with Crippen molar-refractivity contribution in [2.75, 3.05) is 6.54 Å². The van der Waals surface area contributed by atoms with Crippen molar-refractivity contribution < 1.29 is 4.79 Å². The second-order valence-corrected chi connectivity index (χ2v) is 2.94. The van der Waals surface area contributed by atoms with Gasteiger partial charge in [-0.2, -0.15) is 0 Å². The topological polar surface area (TPSA) is 42.0 Å². The van der Waals surface area contributed by atoms with Gasteiger partial charge in [0.15, 0.2) is 0 Å². The molecule has 0 unspecified atom stereocenters. The summed E-state index contributed by atoms with van der Waals surface area (Å²) in [5.74, 6) is 0.0156. The van der Waals surface area contributed by atoms with Crippen LogP contribution in [0.5, 0.6) is 0 Å². The number of hydrogen-bond donors (Lipinski definition) is 1. The molecule has 2 heterocycles. The lowest BCUT2D eigenvalue weighted by Gasteiger charge is -2.16. The summed E-state index contributed by atoms with van der Waals surface area (Å²) in [7, 11) is 0. The largest absolute Gasteiger partial charge is 0.352 e. The van der Waals surface area contributed by atoms with Gasteiger partial charge in [0.2, 0.25) is 0 Å². The van der Waals surface area contributed by atoms with Gasteiger partial charge in [-0.25, -0.2) is 0 Å². The van der Waals surface area contributed by atoms with E-state index in [0.29, 0.717) is 0 Å². The van der Waals surface area contributed by atoms with Crippen molar-refractivity contribution >= 4 is 5.91 Å². The molecular formula is C9H10N2O. The Morgan fingerprint density at radius 3 is 3.17 bits per heavy atom. The highest BCUT2D eigenvalue weighted by Crippen LogP contribution is 2.15. The highest BCUT2D eigenvalue weighted by molar-refractivity contribution is 5.97. The van der Waals surface area contributed by atoms with E-state index in [4.69, 9.17) is 0 Å². The van der Waals surface area contributed by atoms with Crippen LogP contribution in [0.2, 0.25) is 0 Å². The third kappa shape index (κ3) is 0.978. The molecule has 1 aromatic heterocycles. The zero-order valence-electron chi connectivity index (χ0n) is 6.92. The van der Waals surface area contributed by atoms with Gasteiger partial charge < -0.3 is 5.32 Å². The Bertz CT molecular complexity index is 333. The van der Waals surface area contributed by atoms with E-state index in [9.17, 15) is 4.79 Å². The zero-order chi connectivity index (χ0) is 8.55. The molecule has 1 amide bonds. The first kappa shape index (κ1) is 7.28. The smallest absolute Gasteiger partial charge is 0.253 e. The van der Waals surface area contributed by atoms with E-state index in [1.165, 1.54) is 0 Å². The Labute approximate surface area is 70.8 Å². The first-order chi connectivity index (χ1) is 5.79. The van der Waals surface area contributed by atoms with Crippen molar-refractivity contribution in [2.24, 2.45) is 0 Å². The van der Waals surface area contributed by atoms with E-state index < -0.39 is 0 Å².